The lowest BCUT2D eigenvalue weighted by Gasteiger charge is -2.06. The van der Waals surface area contributed by atoms with Crippen LogP contribution < -0.4 is 5.32 Å². The maximum Gasteiger partial charge on any atom is 0.272 e. The lowest BCUT2D eigenvalue weighted by molar-refractivity contribution is 0.102. The van der Waals surface area contributed by atoms with Gasteiger partial charge in [0.1, 0.15) is 11.5 Å². The van der Waals surface area contributed by atoms with E-state index < -0.39 is 5.82 Å². The van der Waals surface area contributed by atoms with Crippen LogP contribution in [0.1, 0.15) is 16.1 Å². The Bertz CT molecular complexity index is 759. The van der Waals surface area contributed by atoms with Gasteiger partial charge in [0.25, 0.3) is 5.91 Å². The highest BCUT2D eigenvalue weighted by Crippen LogP contribution is 2.19. The number of carbonyl (C=O) groups excluding carboxylic acids is 1. The number of benzene rings is 2. The van der Waals surface area contributed by atoms with Crippen LogP contribution in [-0.2, 0) is 0 Å². The molecule has 1 heterocycles. The fourth-order valence-corrected chi connectivity index (χ4v) is 2.12. The van der Waals surface area contributed by atoms with E-state index in [1.165, 1.54) is 6.07 Å². The molecule has 4 heteroatoms. The van der Waals surface area contributed by atoms with Crippen LogP contribution in [0.4, 0.5) is 10.1 Å². The molecule has 0 spiro atoms. The molecule has 3 rings (SSSR count). The number of para-hydroxylation sites is 1. The van der Waals surface area contributed by atoms with E-state index in [0.29, 0.717) is 5.69 Å². The zero-order valence-electron chi connectivity index (χ0n) is 10.9. The van der Waals surface area contributed by atoms with E-state index in [4.69, 9.17) is 0 Å². The first kappa shape index (κ1) is 12.4. The average molecular weight is 268 g/mol. The number of aromatic amines is 1. The smallest absolute Gasteiger partial charge is 0.272 e. The van der Waals surface area contributed by atoms with Crippen LogP contribution in [0, 0.1) is 12.7 Å². The molecule has 0 atom stereocenters. The maximum atomic E-state index is 13.6. The van der Waals surface area contributed by atoms with E-state index in [1.54, 1.807) is 18.2 Å². The number of fused-ring (bicyclic) bond motifs is 1. The summed E-state index contributed by atoms with van der Waals surface area (Å²) in [7, 11) is 0. The van der Waals surface area contributed by atoms with Crippen LogP contribution in [0.3, 0.4) is 0 Å². The summed E-state index contributed by atoms with van der Waals surface area (Å²) in [6.45, 7) is 1.85. The largest absolute Gasteiger partial charge is 0.351 e. The van der Waals surface area contributed by atoms with Gasteiger partial charge in [-0.2, -0.15) is 0 Å². The third kappa shape index (κ3) is 2.28. The van der Waals surface area contributed by atoms with Crippen molar-refractivity contribution in [2.45, 2.75) is 6.92 Å². The summed E-state index contributed by atoms with van der Waals surface area (Å²) in [6, 6.07) is 14.0. The Labute approximate surface area is 115 Å². The molecule has 0 bridgehead atoms. The second-order valence-corrected chi connectivity index (χ2v) is 4.71. The van der Waals surface area contributed by atoms with E-state index in [9.17, 15) is 9.18 Å². The van der Waals surface area contributed by atoms with Crippen molar-refractivity contribution in [1.82, 2.24) is 4.98 Å². The van der Waals surface area contributed by atoms with Crippen molar-refractivity contribution in [1.29, 1.82) is 0 Å². The first-order chi connectivity index (χ1) is 9.63. The molecule has 0 radical (unpaired) electrons. The van der Waals surface area contributed by atoms with E-state index in [2.05, 4.69) is 10.3 Å². The SMILES string of the molecule is Cc1ccc(F)c(NC(=O)c2cc3ccccc3[nH]2)c1. The Kier molecular flexibility index (Phi) is 2.99. The molecule has 20 heavy (non-hydrogen) atoms. The monoisotopic (exact) mass is 268 g/mol. The quantitative estimate of drug-likeness (QED) is 0.728. The fourth-order valence-electron chi connectivity index (χ4n) is 2.12. The van der Waals surface area contributed by atoms with Crippen molar-refractivity contribution in [2.24, 2.45) is 0 Å². The minimum atomic E-state index is -0.444. The minimum absolute atomic E-state index is 0.189. The van der Waals surface area contributed by atoms with Crippen LogP contribution >= 0.6 is 0 Å². The molecule has 0 aliphatic carbocycles. The van der Waals surface area contributed by atoms with Gasteiger partial charge in [0.2, 0.25) is 0 Å². The van der Waals surface area contributed by atoms with Gasteiger partial charge >= 0.3 is 0 Å². The van der Waals surface area contributed by atoms with E-state index in [-0.39, 0.29) is 11.6 Å². The van der Waals surface area contributed by atoms with Crippen LogP contribution in [0.15, 0.2) is 48.5 Å². The van der Waals surface area contributed by atoms with Gasteiger partial charge in [-0.3, -0.25) is 4.79 Å². The van der Waals surface area contributed by atoms with Gasteiger partial charge in [-0.15, -0.1) is 0 Å². The van der Waals surface area contributed by atoms with Crippen molar-refractivity contribution in [3.63, 3.8) is 0 Å². The molecule has 0 fully saturated rings. The Balaban J connectivity index is 1.90. The molecule has 2 N–H and O–H groups in total. The van der Waals surface area contributed by atoms with E-state index in [1.807, 2.05) is 31.2 Å². The van der Waals surface area contributed by atoms with E-state index >= 15 is 0 Å². The summed E-state index contributed by atoms with van der Waals surface area (Å²) < 4.78 is 13.6. The second kappa shape index (κ2) is 4.81. The van der Waals surface area contributed by atoms with Gasteiger partial charge < -0.3 is 10.3 Å². The Morgan fingerprint density at radius 2 is 1.95 bits per heavy atom. The standard InChI is InChI=1S/C16H13FN2O/c1-10-6-7-12(17)14(8-10)19-16(20)15-9-11-4-2-3-5-13(11)18-15/h2-9,18H,1H3,(H,19,20). The highest BCUT2D eigenvalue weighted by molar-refractivity contribution is 6.06. The minimum Gasteiger partial charge on any atom is -0.351 e. The van der Waals surface area contributed by atoms with Crippen molar-refractivity contribution >= 4 is 22.5 Å². The maximum absolute atomic E-state index is 13.6. The number of amides is 1. The second-order valence-electron chi connectivity index (χ2n) is 4.71. The van der Waals surface area contributed by atoms with E-state index in [0.717, 1.165) is 16.5 Å². The Hall–Kier alpha value is -2.62. The normalized spacial score (nSPS) is 10.7. The fraction of sp³-hybridized carbons (Fsp3) is 0.0625. The Morgan fingerprint density at radius 3 is 2.75 bits per heavy atom. The summed E-state index contributed by atoms with van der Waals surface area (Å²) in [5.41, 5.74) is 2.36. The zero-order chi connectivity index (χ0) is 14.1. The van der Waals surface area contributed by atoms with Crippen molar-refractivity contribution in [3.8, 4) is 0 Å². The van der Waals surface area contributed by atoms with Gasteiger partial charge in [0, 0.05) is 10.9 Å². The number of carbonyl (C=O) groups is 1. The molecule has 2 aromatic carbocycles. The molecule has 3 nitrogen and oxygen atoms in total. The molecule has 0 saturated heterocycles. The number of aromatic nitrogens is 1. The van der Waals surface area contributed by atoms with Crippen LogP contribution in [0.2, 0.25) is 0 Å². The topological polar surface area (TPSA) is 44.9 Å². The zero-order valence-corrected chi connectivity index (χ0v) is 10.9. The highest BCUT2D eigenvalue weighted by atomic mass is 19.1. The number of aryl methyl sites for hydroxylation is 1. The summed E-state index contributed by atoms with van der Waals surface area (Å²) in [5, 5.41) is 3.53. The number of halogens is 1. The van der Waals surface area contributed by atoms with Gasteiger partial charge in [-0.05, 0) is 36.8 Å². The van der Waals surface area contributed by atoms with Crippen molar-refractivity contribution < 1.29 is 9.18 Å². The third-order valence-corrected chi connectivity index (χ3v) is 3.14. The number of hydrogen-bond acceptors (Lipinski definition) is 1. The van der Waals surface area contributed by atoms with Gasteiger partial charge in [-0.1, -0.05) is 24.3 Å². The first-order valence-corrected chi connectivity index (χ1v) is 6.29. The lowest BCUT2D eigenvalue weighted by Crippen LogP contribution is -2.13. The molecule has 0 saturated carbocycles. The Morgan fingerprint density at radius 1 is 1.15 bits per heavy atom. The highest BCUT2D eigenvalue weighted by Gasteiger charge is 2.11. The number of hydrogen-bond donors (Lipinski definition) is 2. The predicted octanol–water partition coefficient (Wildman–Crippen LogP) is 3.87. The molecular formula is C16H13FN2O. The summed E-state index contributed by atoms with van der Waals surface area (Å²) in [6.07, 6.45) is 0. The predicted molar refractivity (Wildman–Crippen MR) is 77.4 cm³/mol. The molecule has 1 amide bonds. The van der Waals surface area contributed by atoms with Crippen molar-refractivity contribution in [2.75, 3.05) is 5.32 Å². The van der Waals surface area contributed by atoms with Crippen LogP contribution in [0.25, 0.3) is 10.9 Å². The van der Waals surface area contributed by atoms with Gasteiger partial charge in [0.05, 0.1) is 5.69 Å². The number of nitrogens with one attached hydrogen (secondary N) is 2. The molecule has 0 unspecified atom stereocenters. The molecule has 0 aliphatic rings. The first-order valence-electron chi connectivity index (χ1n) is 6.29. The molecule has 100 valence electrons. The van der Waals surface area contributed by atoms with Crippen molar-refractivity contribution in [3.05, 3.63) is 65.6 Å². The number of anilines is 1. The number of H-pyrrole nitrogens is 1. The summed E-state index contributed by atoms with van der Waals surface area (Å²) in [5.74, 6) is -0.800. The molecule has 1 aromatic heterocycles. The summed E-state index contributed by atoms with van der Waals surface area (Å²) in [4.78, 5) is 15.2. The molecule has 0 aliphatic heterocycles. The summed E-state index contributed by atoms with van der Waals surface area (Å²) >= 11 is 0. The number of rotatable bonds is 2. The van der Waals surface area contributed by atoms with Crippen LogP contribution in [0.5, 0.6) is 0 Å². The average Bonchev–Trinajstić information content (AvgIpc) is 2.87. The van der Waals surface area contributed by atoms with Gasteiger partial charge in [0.15, 0.2) is 0 Å². The molecular weight excluding hydrogens is 255 g/mol. The van der Waals surface area contributed by atoms with Gasteiger partial charge in [-0.25, -0.2) is 4.39 Å². The van der Waals surface area contributed by atoms with Crippen LogP contribution in [-0.4, -0.2) is 10.9 Å². The third-order valence-electron chi connectivity index (χ3n) is 3.14. The lowest BCUT2D eigenvalue weighted by atomic mass is 10.2. The molecule has 3 aromatic rings.